The molecule has 1 amide bonds. The number of likely N-dealkylation sites (tertiary alicyclic amines) is 1. The van der Waals surface area contributed by atoms with Crippen LogP contribution in [0.3, 0.4) is 0 Å². The van der Waals surface area contributed by atoms with Crippen molar-refractivity contribution in [3.63, 3.8) is 0 Å². The van der Waals surface area contributed by atoms with Gasteiger partial charge in [0.25, 0.3) is 5.91 Å². The van der Waals surface area contributed by atoms with Gasteiger partial charge in [0.2, 0.25) is 0 Å². The number of carbonyl (C=O) groups excluding carboxylic acids is 1. The molecule has 1 aromatic rings. The van der Waals surface area contributed by atoms with Crippen LogP contribution in [-0.2, 0) is 0 Å². The van der Waals surface area contributed by atoms with E-state index in [-0.39, 0.29) is 24.4 Å². The predicted molar refractivity (Wildman–Crippen MR) is 64.9 cm³/mol. The fourth-order valence-electron chi connectivity index (χ4n) is 1.92. The summed E-state index contributed by atoms with van der Waals surface area (Å²) in [4.78, 5) is 13.8. The Bertz CT molecular complexity index is 332. The van der Waals surface area contributed by atoms with Crippen LogP contribution in [0, 0.1) is 0 Å². The van der Waals surface area contributed by atoms with E-state index in [1.165, 1.54) is 11.5 Å². The molecule has 0 aromatic carbocycles. The largest absolute Gasteiger partial charge is 0.333 e. The van der Waals surface area contributed by atoms with E-state index in [1.54, 1.807) is 5.38 Å². The van der Waals surface area contributed by atoms with E-state index in [9.17, 15) is 4.79 Å². The van der Waals surface area contributed by atoms with Crippen molar-refractivity contribution >= 4 is 29.8 Å². The van der Waals surface area contributed by atoms with Crippen LogP contribution in [0.1, 0.15) is 29.8 Å². The molecule has 1 saturated heterocycles. The van der Waals surface area contributed by atoms with Gasteiger partial charge in [-0.3, -0.25) is 4.79 Å². The molecule has 1 aliphatic heterocycles. The second-order valence-electron chi connectivity index (χ2n) is 3.67. The number of piperidine rings is 1. The van der Waals surface area contributed by atoms with E-state index in [1.807, 2.05) is 4.90 Å². The summed E-state index contributed by atoms with van der Waals surface area (Å²) in [6, 6.07) is 0.174. The van der Waals surface area contributed by atoms with Gasteiger partial charge < -0.3 is 10.6 Å². The normalized spacial score (nSPS) is 20.3. The Labute approximate surface area is 105 Å². The summed E-state index contributed by atoms with van der Waals surface area (Å²) in [6.07, 6.45) is 3.21. The summed E-state index contributed by atoms with van der Waals surface area (Å²) < 4.78 is 3.70. The van der Waals surface area contributed by atoms with Gasteiger partial charge in [-0.2, -0.15) is 0 Å². The van der Waals surface area contributed by atoms with E-state index in [0.29, 0.717) is 12.2 Å². The fraction of sp³-hybridized carbons (Fsp3) is 0.667. The number of hydrogen-bond acceptors (Lipinski definition) is 5. The average molecular weight is 263 g/mol. The SMILES string of the molecule is Cl.NCC1CCCCN1C(=O)c1csnn1. The van der Waals surface area contributed by atoms with Gasteiger partial charge in [-0.15, -0.1) is 17.5 Å². The first-order chi connectivity index (χ1) is 7.33. The van der Waals surface area contributed by atoms with Gasteiger partial charge >= 0.3 is 0 Å². The summed E-state index contributed by atoms with van der Waals surface area (Å²) in [5.74, 6) is -0.0288. The highest BCUT2D eigenvalue weighted by Crippen LogP contribution is 2.18. The average Bonchev–Trinajstić information content (AvgIpc) is 2.81. The Morgan fingerprint density at radius 2 is 2.44 bits per heavy atom. The summed E-state index contributed by atoms with van der Waals surface area (Å²) in [7, 11) is 0. The monoisotopic (exact) mass is 262 g/mol. The minimum atomic E-state index is -0.0288. The van der Waals surface area contributed by atoms with Crippen LogP contribution in [0.2, 0.25) is 0 Å². The molecule has 0 bridgehead atoms. The molecule has 2 rings (SSSR count). The molecule has 1 atom stereocenters. The number of nitrogens with two attached hydrogens (primary N) is 1. The van der Waals surface area contributed by atoms with Crippen molar-refractivity contribution in [2.75, 3.05) is 13.1 Å². The highest BCUT2D eigenvalue weighted by atomic mass is 35.5. The number of nitrogens with zero attached hydrogens (tertiary/aromatic N) is 3. The third-order valence-electron chi connectivity index (χ3n) is 2.74. The van der Waals surface area contributed by atoms with Crippen LogP contribution in [0.4, 0.5) is 0 Å². The van der Waals surface area contributed by atoms with Gasteiger partial charge in [0, 0.05) is 24.5 Å². The minimum Gasteiger partial charge on any atom is -0.333 e. The summed E-state index contributed by atoms with van der Waals surface area (Å²) in [5.41, 5.74) is 6.10. The Balaban J connectivity index is 0.00000128. The molecule has 2 heterocycles. The van der Waals surface area contributed by atoms with Gasteiger partial charge in [-0.05, 0) is 30.8 Å². The van der Waals surface area contributed by atoms with Crippen molar-refractivity contribution in [3.05, 3.63) is 11.1 Å². The molecule has 1 fully saturated rings. The van der Waals surface area contributed by atoms with E-state index in [0.717, 1.165) is 25.8 Å². The Hall–Kier alpha value is -0.720. The molecule has 7 heteroatoms. The maximum Gasteiger partial charge on any atom is 0.275 e. The smallest absolute Gasteiger partial charge is 0.275 e. The van der Waals surface area contributed by atoms with Crippen LogP contribution in [0.5, 0.6) is 0 Å². The zero-order valence-electron chi connectivity index (χ0n) is 8.83. The number of hydrogen-bond donors (Lipinski definition) is 1. The molecule has 1 unspecified atom stereocenters. The zero-order valence-corrected chi connectivity index (χ0v) is 10.5. The minimum absolute atomic E-state index is 0. The quantitative estimate of drug-likeness (QED) is 0.860. The highest BCUT2D eigenvalue weighted by molar-refractivity contribution is 7.03. The summed E-state index contributed by atoms with van der Waals surface area (Å²) in [5, 5.41) is 5.48. The van der Waals surface area contributed by atoms with Gasteiger partial charge in [-0.25, -0.2) is 0 Å². The lowest BCUT2D eigenvalue weighted by Gasteiger charge is -2.34. The number of amides is 1. The first-order valence-corrected chi connectivity index (χ1v) is 5.94. The first kappa shape index (κ1) is 13.3. The van der Waals surface area contributed by atoms with E-state index < -0.39 is 0 Å². The van der Waals surface area contributed by atoms with Gasteiger partial charge in [0.15, 0.2) is 5.69 Å². The molecule has 2 N–H and O–H groups in total. The van der Waals surface area contributed by atoms with E-state index in [2.05, 4.69) is 9.59 Å². The maximum atomic E-state index is 12.0. The fourth-order valence-corrected chi connectivity index (χ4v) is 2.35. The molecule has 0 spiro atoms. The molecule has 0 aliphatic carbocycles. The topological polar surface area (TPSA) is 72.1 Å². The highest BCUT2D eigenvalue weighted by Gasteiger charge is 2.27. The molecular formula is C9H15ClN4OS. The molecule has 5 nitrogen and oxygen atoms in total. The predicted octanol–water partition coefficient (Wildman–Crippen LogP) is 0.913. The number of halogens is 1. The second kappa shape index (κ2) is 6.12. The molecular weight excluding hydrogens is 248 g/mol. The Kier molecular flexibility index (Phi) is 5.11. The van der Waals surface area contributed by atoms with Crippen molar-refractivity contribution in [3.8, 4) is 0 Å². The lowest BCUT2D eigenvalue weighted by molar-refractivity contribution is 0.0617. The number of carbonyl (C=O) groups is 1. The standard InChI is InChI=1S/C9H14N4OS.ClH/c10-5-7-3-1-2-4-13(7)9(14)8-6-15-12-11-8;/h6-7H,1-5,10H2;1H. The second-order valence-corrected chi connectivity index (χ2v) is 4.28. The van der Waals surface area contributed by atoms with Crippen LogP contribution in [0.25, 0.3) is 0 Å². The third-order valence-corrected chi connectivity index (χ3v) is 3.24. The molecule has 0 radical (unpaired) electrons. The van der Waals surface area contributed by atoms with Crippen LogP contribution in [0.15, 0.2) is 5.38 Å². The van der Waals surface area contributed by atoms with E-state index >= 15 is 0 Å². The van der Waals surface area contributed by atoms with E-state index in [4.69, 9.17) is 5.73 Å². The number of aromatic nitrogens is 2. The Morgan fingerprint density at radius 3 is 3.06 bits per heavy atom. The zero-order chi connectivity index (χ0) is 10.7. The van der Waals surface area contributed by atoms with Crippen molar-refractivity contribution in [1.29, 1.82) is 0 Å². The lowest BCUT2D eigenvalue weighted by atomic mass is 10.0. The van der Waals surface area contributed by atoms with Crippen molar-refractivity contribution < 1.29 is 4.79 Å². The van der Waals surface area contributed by atoms with Gasteiger partial charge in [0.05, 0.1) is 0 Å². The van der Waals surface area contributed by atoms with Crippen LogP contribution < -0.4 is 5.73 Å². The van der Waals surface area contributed by atoms with Crippen molar-refractivity contribution in [1.82, 2.24) is 14.5 Å². The van der Waals surface area contributed by atoms with Crippen molar-refractivity contribution in [2.45, 2.75) is 25.3 Å². The third kappa shape index (κ3) is 2.69. The molecule has 16 heavy (non-hydrogen) atoms. The lowest BCUT2D eigenvalue weighted by Crippen LogP contribution is -2.47. The summed E-state index contributed by atoms with van der Waals surface area (Å²) in [6.45, 7) is 1.32. The van der Waals surface area contributed by atoms with Gasteiger partial charge in [-0.1, -0.05) is 4.49 Å². The molecule has 1 aromatic heterocycles. The Morgan fingerprint density at radius 1 is 1.62 bits per heavy atom. The molecule has 90 valence electrons. The van der Waals surface area contributed by atoms with Crippen LogP contribution in [-0.4, -0.2) is 39.5 Å². The number of rotatable bonds is 2. The maximum absolute atomic E-state index is 12.0. The van der Waals surface area contributed by atoms with Crippen molar-refractivity contribution in [2.24, 2.45) is 5.73 Å². The van der Waals surface area contributed by atoms with Crippen LogP contribution >= 0.6 is 23.9 Å². The van der Waals surface area contributed by atoms with Gasteiger partial charge in [0.1, 0.15) is 0 Å². The molecule has 0 saturated carbocycles. The molecule has 1 aliphatic rings. The first-order valence-electron chi connectivity index (χ1n) is 5.11. The summed E-state index contributed by atoms with van der Waals surface area (Å²) >= 11 is 1.20.